The van der Waals surface area contributed by atoms with Crippen LogP contribution in [0.5, 0.6) is 0 Å². The number of rotatable bonds is 10. The summed E-state index contributed by atoms with van der Waals surface area (Å²) in [6.07, 6.45) is -0.606. The van der Waals surface area contributed by atoms with Crippen LogP contribution >= 0.6 is 7.52 Å². The summed E-state index contributed by atoms with van der Waals surface area (Å²) in [5, 5.41) is 14.1. The number of carbonyl (C=O) groups is 2. The number of aliphatic carboxylic acids is 1. The third-order valence-corrected chi connectivity index (χ3v) is 8.31. The minimum absolute atomic E-state index is 0.0950. The number of fused-ring (bicyclic) bond motifs is 3. The van der Waals surface area contributed by atoms with Crippen molar-refractivity contribution in [3.63, 3.8) is 0 Å². The van der Waals surface area contributed by atoms with Gasteiger partial charge in [-0.3, -0.25) is 9.36 Å². The van der Waals surface area contributed by atoms with Crippen molar-refractivity contribution >= 4 is 19.6 Å². The van der Waals surface area contributed by atoms with Crippen molar-refractivity contribution in [1.82, 2.24) is 10.4 Å². The second-order valence-electron chi connectivity index (χ2n) is 8.18. The number of hydrogen-bond acceptors (Lipinski definition) is 5. The van der Waals surface area contributed by atoms with Crippen LogP contribution in [0.2, 0.25) is 0 Å². The van der Waals surface area contributed by atoms with Gasteiger partial charge in [-0.1, -0.05) is 78.9 Å². The molecule has 2 atom stereocenters. The Balaban J connectivity index is 1.50. The smallest absolute Gasteiger partial charge is 0.407 e. The maximum Gasteiger partial charge on any atom is 0.407 e. The number of nitrogens with one attached hydrogen (secondary N) is 2. The van der Waals surface area contributed by atoms with Crippen LogP contribution in [0.1, 0.15) is 22.6 Å². The molecule has 0 spiro atoms. The van der Waals surface area contributed by atoms with E-state index in [-0.39, 0.29) is 18.9 Å². The number of amides is 1. The van der Waals surface area contributed by atoms with E-state index >= 15 is 0 Å². The predicted octanol–water partition coefficient (Wildman–Crippen LogP) is 4.61. The number of carboxylic acid groups (broad SMARTS) is 1. The molecule has 3 aromatic carbocycles. The van der Waals surface area contributed by atoms with Gasteiger partial charge in [-0.2, -0.15) is 0 Å². The van der Waals surface area contributed by atoms with Gasteiger partial charge >= 0.3 is 12.1 Å². The molecule has 8 nitrogen and oxygen atoms in total. The average Bonchev–Trinajstić information content (AvgIpc) is 3.20. The van der Waals surface area contributed by atoms with E-state index in [0.717, 1.165) is 27.8 Å². The van der Waals surface area contributed by atoms with Gasteiger partial charge < -0.3 is 19.7 Å². The minimum atomic E-state index is -3.78. The Morgan fingerprint density at radius 3 is 2.09 bits per heavy atom. The number of alkyl carbamates (subject to hydrolysis) is 1. The van der Waals surface area contributed by atoms with Gasteiger partial charge in [0.05, 0.1) is 0 Å². The number of ether oxygens (including phenoxy) is 1. The van der Waals surface area contributed by atoms with Crippen LogP contribution in [-0.4, -0.2) is 43.2 Å². The lowest BCUT2D eigenvalue weighted by atomic mass is 9.98. The van der Waals surface area contributed by atoms with Crippen molar-refractivity contribution < 1.29 is 28.5 Å². The summed E-state index contributed by atoms with van der Waals surface area (Å²) < 4.78 is 24.3. The minimum Gasteiger partial charge on any atom is -0.480 e. The maximum absolute atomic E-state index is 13.4. The Morgan fingerprint density at radius 1 is 0.943 bits per heavy atom. The average molecular weight is 494 g/mol. The molecule has 9 heteroatoms. The maximum atomic E-state index is 13.4. The Labute approximate surface area is 203 Å². The number of benzene rings is 3. The lowest BCUT2D eigenvalue weighted by molar-refractivity contribution is -0.135. The second-order valence-corrected chi connectivity index (χ2v) is 10.7. The molecule has 1 aliphatic rings. The summed E-state index contributed by atoms with van der Waals surface area (Å²) in [4.78, 5) is 23.9. The molecule has 0 aromatic heterocycles. The molecule has 0 heterocycles. The highest BCUT2D eigenvalue weighted by Gasteiger charge is 2.36. The SMILES string of the molecule is COP(=O)(NCC(=O)O)C(Cc1ccccc1)NC(=O)OCC1c2ccccc2-c2ccccc21. The van der Waals surface area contributed by atoms with Gasteiger partial charge in [-0.05, 0) is 27.8 Å². The number of carbonyl (C=O) groups excluding carboxylic acids is 1. The molecule has 3 aromatic rings. The summed E-state index contributed by atoms with van der Waals surface area (Å²) in [5.74, 6) is -2.35. The molecule has 0 aliphatic heterocycles. The first-order chi connectivity index (χ1) is 16.9. The molecule has 2 unspecified atom stereocenters. The molecular formula is C26H27N2O6P. The van der Waals surface area contributed by atoms with Gasteiger partial charge in [0, 0.05) is 19.4 Å². The molecule has 35 heavy (non-hydrogen) atoms. The third-order valence-electron chi connectivity index (χ3n) is 6.03. The molecule has 0 radical (unpaired) electrons. The Bertz CT molecular complexity index is 1200. The highest BCUT2D eigenvalue weighted by molar-refractivity contribution is 7.57. The summed E-state index contributed by atoms with van der Waals surface area (Å²) in [6.45, 7) is -0.486. The van der Waals surface area contributed by atoms with Crippen molar-refractivity contribution in [3.05, 3.63) is 95.6 Å². The first-order valence-corrected chi connectivity index (χ1v) is 12.9. The number of hydrogen-bond donors (Lipinski definition) is 3. The van der Waals surface area contributed by atoms with Crippen molar-refractivity contribution in [2.75, 3.05) is 20.3 Å². The largest absolute Gasteiger partial charge is 0.480 e. The van der Waals surface area contributed by atoms with Crippen molar-refractivity contribution in [1.29, 1.82) is 0 Å². The van der Waals surface area contributed by atoms with Gasteiger partial charge in [0.15, 0.2) is 0 Å². The second kappa shape index (κ2) is 10.9. The van der Waals surface area contributed by atoms with E-state index < -0.39 is 31.9 Å². The van der Waals surface area contributed by atoms with E-state index in [2.05, 4.69) is 10.4 Å². The Kier molecular flexibility index (Phi) is 7.66. The van der Waals surface area contributed by atoms with Crippen LogP contribution in [0.25, 0.3) is 11.1 Å². The van der Waals surface area contributed by atoms with Crippen molar-refractivity contribution in [2.24, 2.45) is 0 Å². The van der Waals surface area contributed by atoms with Crippen LogP contribution in [0, 0.1) is 0 Å². The molecule has 1 amide bonds. The topological polar surface area (TPSA) is 114 Å². The molecular weight excluding hydrogens is 467 g/mol. The Morgan fingerprint density at radius 2 is 1.51 bits per heavy atom. The zero-order chi connectivity index (χ0) is 24.8. The van der Waals surface area contributed by atoms with Crippen molar-refractivity contribution in [2.45, 2.75) is 18.1 Å². The monoisotopic (exact) mass is 494 g/mol. The van der Waals surface area contributed by atoms with E-state index in [4.69, 9.17) is 14.4 Å². The zero-order valence-electron chi connectivity index (χ0n) is 19.2. The molecule has 0 fully saturated rings. The fourth-order valence-electron chi connectivity index (χ4n) is 4.35. The first-order valence-electron chi connectivity index (χ1n) is 11.2. The summed E-state index contributed by atoms with van der Waals surface area (Å²) >= 11 is 0. The summed E-state index contributed by atoms with van der Waals surface area (Å²) in [6, 6.07) is 25.1. The van der Waals surface area contributed by atoms with E-state index in [1.165, 1.54) is 7.11 Å². The fraction of sp³-hybridized carbons (Fsp3) is 0.231. The van der Waals surface area contributed by atoms with Crippen LogP contribution < -0.4 is 10.4 Å². The van der Waals surface area contributed by atoms with Crippen LogP contribution in [0.4, 0.5) is 4.79 Å². The zero-order valence-corrected chi connectivity index (χ0v) is 20.1. The molecule has 0 saturated heterocycles. The van der Waals surface area contributed by atoms with Gasteiger partial charge in [0.25, 0.3) is 7.52 Å². The molecule has 1 aliphatic carbocycles. The lowest BCUT2D eigenvalue weighted by Crippen LogP contribution is -2.41. The fourth-order valence-corrected chi connectivity index (χ4v) is 6.04. The normalized spacial score (nSPS) is 14.9. The van der Waals surface area contributed by atoms with Crippen LogP contribution in [-0.2, 0) is 25.0 Å². The quantitative estimate of drug-likeness (QED) is 0.353. The van der Waals surface area contributed by atoms with Gasteiger partial charge in [-0.25, -0.2) is 9.88 Å². The van der Waals surface area contributed by atoms with Crippen LogP contribution in [0.15, 0.2) is 78.9 Å². The van der Waals surface area contributed by atoms with E-state index in [1.807, 2.05) is 78.9 Å². The van der Waals surface area contributed by atoms with Crippen molar-refractivity contribution in [3.8, 4) is 11.1 Å². The van der Waals surface area contributed by atoms with E-state index in [9.17, 15) is 14.2 Å². The summed E-state index contributed by atoms with van der Waals surface area (Å²) in [7, 11) is -2.57. The van der Waals surface area contributed by atoms with Gasteiger partial charge in [0.1, 0.15) is 18.9 Å². The highest BCUT2D eigenvalue weighted by atomic mass is 31.2. The number of carboxylic acids is 1. The molecule has 3 N–H and O–H groups in total. The third kappa shape index (κ3) is 5.62. The molecule has 4 rings (SSSR count). The van der Waals surface area contributed by atoms with Gasteiger partial charge in [0.2, 0.25) is 0 Å². The standard InChI is InChI=1S/C26H27N2O6P/c1-33-35(32,27-16-25(29)30)24(15-18-9-3-2-4-10-18)28-26(31)34-17-23-21-13-7-5-11-19(21)20-12-6-8-14-22(20)23/h2-14,23-24H,15-17H2,1H3,(H,27,32)(H,28,31)(H,29,30). The van der Waals surface area contributed by atoms with Crippen LogP contribution in [0.3, 0.4) is 0 Å². The van der Waals surface area contributed by atoms with E-state index in [0.29, 0.717) is 0 Å². The van der Waals surface area contributed by atoms with Gasteiger partial charge in [-0.15, -0.1) is 0 Å². The molecule has 0 saturated carbocycles. The molecule has 182 valence electrons. The lowest BCUT2D eigenvalue weighted by Gasteiger charge is -2.27. The highest BCUT2D eigenvalue weighted by Crippen LogP contribution is 2.47. The predicted molar refractivity (Wildman–Crippen MR) is 132 cm³/mol. The molecule has 0 bridgehead atoms. The van der Waals surface area contributed by atoms with E-state index in [1.54, 1.807) is 0 Å². The first kappa shape index (κ1) is 24.7. The Hall–Kier alpha value is -3.45. The summed E-state index contributed by atoms with van der Waals surface area (Å²) in [5.41, 5.74) is 5.17.